The average Bonchev–Trinajstić information content (AvgIpc) is 2.57. The summed E-state index contributed by atoms with van der Waals surface area (Å²) in [5.41, 5.74) is 4.26. The Morgan fingerprint density at radius 2 is 1.94 bits per heavy atom. The minimum absolute atomic E-state index is 0.539. The van der Waals surface area contributed by atoms with Crippen molar-refractivity contribution < 1.29 is 9.78 Å². The molecule has 1 aliphatic carbocycles. The van der Waals surface area contributed by atoms with Crippen LogP contribution < -0.4 is 0 Å². The molecule has 2 heteroatoms. The fourth-order valence-corrected chi connectivity index (χ4v) is 2.30. The monoisotopic (exact) mass is 232 g/mol. The predicted molar refractivity (Wildman–Crippen MR) is 69.6 cm³/mol. The maximum Gasteiger partial charge on any atom is 0.101 e. The summed E-state index contributed by atoms with van der Waals surface area (Å²) >= 11 is 0. The van der Waals surface area contributed by atoms with Crippen LogP contribution in [-0.4, -0.2) is 13.2 Å². The molecule has 0 fully saturated rings. The van der Waals surface area contributed by atoms with Crippen molar-refractivity contribution in [2.45, 2.75) is 32.6 Å². The van der Waals surface area contributed by atoms with E-state index in [1.54, 1.807) is 0 Å². The lowest BCUT2D eigenvalue weighted by Crippen LogP contribution is -1.95. The van der Waals surface area contributed by atoms with Crippen LogP contribution in [0.2, 0.25) is 0 Å². The Kier molecular flexibility index (Phi) is 4.77. The second-order valence-electron chi connectivity index (χ2n) is 4.28. The molecule has 0 N–H and O–H groups in total. The van der Waals surface area contributed by atoms with E-state index in [1.165, 1.54) is 36.0 Å². The smallest absolute Gasteiger partial charge is 0.101 e. The van der Waals surface area contributed by atoms with Gasteiger partial charge in [0.05, 0.1) is 6.61 Å². The molecule has 17 heavy (non-hydrogen) atoms. The van der Waals surface area contributed by atoms with Crippen LogP contribution in [0, 0.1) is 0 Å². The van der Waals surface area contributed by atoms with E-state index in [-0.39, 0.29) is 0 Å². The van der Waals surface area contributed by atoms with Gasteiger partial charge in [0.1, 0.15) is 6.61 Å². The summed E-state index contributed by atoms with van der Waals surface area (Å²) in [7, 11) is 0. The van der Waals surface area contributed by atoms with Crippen molar-refractivity contribution in [3.8, 4) is 0 Å². The maximum atomic E-state index is 5.06. The first-order chi connectivity index (χ1) is 8.42. The Morgan fingerprint density at radius 3 is 2.82 bits per heavy atom. The van der Waals surface area contributed by atoms with E-state index in [9.17, 15) is 0 Å². The molecule has 0 aliphatic heterocycles. The number of hydrogen-bond acceptors (Lipinski definition) is 2. The molecule has 0 atom stereocenters. The van der Waals surface area contributed by atoms with E-state index in [0.717, 1.165) is 6.42 Å². The lowest BCUT2D eigenvalue weighted by Gasteiger charge is -2.08. The number of allylic oxidation sites excluding steroid dienone is 1. The summed E-state index contributed by atoms with van der Waals surface area (Å²) in [6, 6.07) is 8.69. The number of fused-ring (bicyclic) bond motifs is 1. The second kappa shape index (κ2) is 6.58. The first-order valence-electron chi connectivity index (χ1n) is 6.43. The van der Waals surface area contributed by atoms with Crippen molar-refractivity contribution in [2.24, 2.45) is 0 Å². The number of hydrogen-bond donors (Lipinski definition) is 0. The Bertz CT molecular complexity index is 382. The van der Waals surface area contributed by atoms with Gasteiger partial charge >= 0.3 is 0 Å². The highest BCUT2D eigenvalue weighted by Gasteiger charge is 2.11. The highest BCUT2D eigenvalue weighted by atomic mass is 17.2. The van der Waals surface area contributed by atoms with Crippen molar-refractivity contribution in [3.05, 3.63) is 41.5 Å². The zero-order valence-electron chi connectivity index (χ0n) is 10.4. The molecule has 0 heterocycles. The van der Waals surface area contributed by atoms with Crippen LogP contribution in [-0.2, 0) is 16.2 Å². The fraction of sp³-hybridized carbons (Fsp3) is 0.467. The number of benzene rings is 1. The summed E-state index contributed by atoms with van der Waals surface area (Å²) in [5, 5.41) is 0. The van der Waals surface area contributed by atoms with Gasteiger partial charge in [-0.05, 0) is 49.3 Å². The molecule has 92 valence electrons. The third-order valence-electron chi connectivity index (χ3n) is 3.10. The third kappa shape index (κ3) is 3.42. The van der Waals surface area contributed by atoms with Gasteiger partial charge in [0, 0.05) is 0 Å². The van der Waals surface area contributed by atoms with Gasteiger partial charge in [-0.25, -0.2) is 9.78 Å². The highest BCUT2D eigenvalue weighted by Crippen LogP contribution is 2.29. The molecule has 1 aromatic rings. The first kappa shape index (κ1) is 12.3. The molecular weight excluding hydrogens is 212 g/mol. The van der Waals surface area contributed by atoms with Crippen molar-refractivity contribution >= 4 is 5.57 Å². The molecular formula is C15H20O2. The minimum Gasteiger partial charge on any atom is -0.237 e. The quantitative estimate of drug-likeness (QED) is 0.340. The van der Waals surface area contributed by atoms with E-state index in [4.69, 9.17) is 9.78 Å². The Hall–Kier alpha value is -1.12. The van der Waals surface area contributed by atoms with Crippen LogP contribution in [0.3, 0.4) is 0 Å². The van der Waals surface area contributed by atoms with Crippen molar-refractivity contribution in [1.29, 1.82) is 0 Å². The van der Waals surface area contributed by atoms with Crippen molar-refractivity contribution in [1.82, 2.24) is 0 Å². The topological polar surface area (TPSA) is 18.5 Å². The molecule has 1 aromatic carbocycles. The fourth-order valence-electron chi connectivity index (χ4n) is 2.30. The molecule has 2 nitrogen and oxygen atoms in total. The van der Waals surface area contributed by atoms with Gasteiger partial charge in [0.2, 0.25) is 0 Å². The largest absolute Gasteiger partial charge is 0.237 e. The van der Waals surface area contributed by atoms with Crippen LogP contribution in [0.4, 0.5) is 0 Å². The van der Waals surface area contributed by atoms with Gasteiger partial charge < -0.3 is 0 Å². The summed E-state index contributed by atoms with van der Waals surface area (Å²) in [5.74, 6) is 0. The van der Waals surface area contributed by atoms with Gasteiger partial charge in [-0.3, -0.25) is 0 Å². The lowest BCUT2D eigenvalue weighted by molar-refractivity contribution is -0.282. The van der Waals surface area contributed by atoms with Crippen LogP contribution >= 0.6 is 0 Å². The highest BCUT2D eigenvalue weighted by molar-refractivity contribution is 5.69. The summed E-state index contributed by atoms with van der Waals surface area (Å²) in [4.78, 5) is 9.96. The van der Waals surface area contributed by atoms with Gasteiger partial charge in [0.15, 0.2) is 0 Å². The van der Waals surface area contributed by atoms with Gasteiger partial charge in [-0.1, -0.05) is 30.3 Å². The molecule has 0 radical (unpaired) electrons. The Labute approximate surface area is 103 Å². The zero-order valence-corrected chi connectivity index (χ0v) is 10.4. The lowest BCUT2D eigenvalue weighted by atomic mass is 9.98. The van der Waals surface area contributed by atoms with Gasteiger partial charge in [0.25, 0.3) is 0 Å². The molecule has 1 aliphatic rings. The molecule has 0 bridgehead atoms. The molecule has 0 spiro atoms. The Balaban J connectivity index is 2.11. The van der Waals surface area contributed by atoms with Crippen LogP contribution in [0.25, 0.3) is 5.57 Å². The van der Waals surface area contributed by atoms with Crippen molar-refractivity contribution in [2.75, 3.05) is 13.2 Å². The normalized spacial score (nSPS) is 17.8. The van der Waals surface area contributed by atoms with Crippen LogP contribution in [0.5, 0.6) is 0 Å². The van der Waals surface area contributed by atoms with Crippen LogP contribution in [0.1, 0.15) is 37.3 Å². The summed E-state index contributed by atoms with van der Waals surface area (Å²) < 4.78 is 0. The standard InChI is InChI=1S/C15H20O2/c1-2-16-17-12-11-14-9-4-3-7-13-8-5-6-10-15(13)14/h5-6,8,10-11H,2-4,7,9,12H2,1H3. The van der Waals surface area contributed by atoms with Gasteiger partial charge in [-0.2, -0.15) is 0 Å². The molecule has 2 rings (SSSR count). The van der Waals surface area contributed by atoms with Crippen molar-refractivity contribution in [3.63, 3.8) is 0 Å². The molecule has 0 amide bonds. The molecule has 0 saturated carbocycles. The summed E-state index contributed by atoms with van der Waals surface area (Å²) in [6.07, 6.45) is 7.03. The van der Waals surface area contributed by atoms with E-state index < -0.39 is 0 Å². The molecule has 0 unspecified atom stereocenters. The third-order valence-corrected chi connectivity index (χ3v) is 3.10. The predicted octanol–water partition coefficient (Wildman–Crippen LogP) is 3.76. The maximum absolute atomic E-state index is 5.06. The average molecular weight is 232 g/mol. The second-order valence-corrected chi connectivity index (χ2v) is 4.28. The van der Waals surface area contributed by atoms with E-state index in [0.29, 0.717) is 13.2 Å². The first-order valence-corrected chi connectivity index (χ1v) is 6.43. The minimum atomic E-state index is 0.539. The zero-order chi connectivity index (χ0) is 11.9. The Morgan fingerprint density at radius 1 is 1.12 bits per heavy atom. The molecule has 0 saturated heterocycles. The van der Waals surface area contributed by atoms with Crippen LogP contribution in [0.15, 0.2) is 30.3 Å². The SMILES string of the molecule is CCOOCC=C1CCCCc2ccccc21. The van der Waals surface area contributed by atoms with E-state index in [1.807, 2.05) is 6.92 Å². The number of rotatable bonds is 4. The number of aryl methyl sites for hydroxylation is 1. The molecule has 0 aromatic heterocycles. The van der Waals surface area contributed by atoms with E-state index in [2.05, 4.69) is 30.3 Å². The van der Waals surface area contributed by atoms with Gasteiger partial charge in [-0.15, -0.1) is 0 Å². The summed E-state index contributed by atoms with van der Waals surface area (Å²) in [6.45, 7) is 3.06. The van der Waals surface area contributed by atoms with E-state index >= 15 is 0 Å².